The van der Waals surface area contributed by atoms with Gasteiger partial charge in [0.1, 0.15) is 29.3 Å². The molecule has 5 heteroatoms. The van der Waals surface area contributed by atoms with Gasteiger partial charge in [-0.15, -0.1) is 0 Å². The van der Waals surface area contributed by atoms with Crippen LogP contribution >= 0.6 is 0 Å². The number of para-hydroxylation sites is 3. The van der Waals surface area contributed by atoms with Crippen molar-refractivity contribution in [2.24, 2.45) is 4.99 Å². The monoisotopic (exact) mass is 720 g/mol. The van der Waals surface area contributed by atoms with Gasteiger partial charge in [-0.2, -0.15) is 0 Å². The lowest BCUT2D eigenvalue weighted by molar-refractivity contribution is 0.409. The van der Waals surface area contributed by atoms with Gasteiger partial charge in [-0.3, -0.25) is 5.32 Å². The van der Waals surface area contributed by atoms with Crippen molar-refractivity contribution >= 4 is 49.6 Å². The fourth-order valence-electron chi connectivity index (χ4n) is 8.43. The summed E-state index contributed by atoms with van der Waals surface area (Å²) < 4.78 is 9.19. The molecule has 2 unspecified atom stereocenters. The predicted molar refractivity (Wildman–Crippen MR) is 230 cm³/mol. The van der Waals surface area contributed by atoms with Gasteiger partial charge < -0.3 is 14.3 Å². The van der Waals surface area contributed by atoms with Crippen molar-refractivity contribution in [2.75, 3.05) is 0 Å². The Bertz CT molecular complexity index is 3090. The number of aliphatic imine (C=N–C) groups is 1. The van der Waals surface area contributed by atoms with Crippen LogP contribution in [-0.4, -0.2) is 10.4 Å². The molecule has 0 saturated heterocycles. The molecule has 1 aliphatic rings. The van der Waals surface area contributed by atoms with Crippen LogP contribution in [-0.2, 0) is 0 Å². The van der Waals surface area contributed by atoms with E-state index in [1.54, 1.807) is 0 Å². The summed E-state index contributed by atoms with van der Waals surface area (Å²) in [5.74, 6) is 0.869. The van der Waals surface area contributed by atoms with Crippen molar-refractivity contribution in [1.29, 1.82) is 0 Å². The van der Waals surface area contributed by atoms with Gasteiger partial charge in [0.05, 0.1) is 11.0 Å². The Hall–Kier alpha value is -7.21. The Labute approximate surface area is 324 Å². The first-order valence-electron chi connectivity index (χ1n) is 19.1. The lowest BCUT2D eigenvalue weighted by Crippen LogP contribution is -2.44. The maximum atomic E-state index is 6.81. The third kappa shape index (κ3) is 5.40. The number of hydrogen-bond donors (Lipinski definition) is 2. The number of aromatic nitrogens is 1. The van der Waals surface area contributed by atoms with Crippen molar-refractivity contribution in [1.82, 2.24) is 15.2 Å². The summed E-state index contributed by atoms with van der Waals surface area (Å²) in [5.41, 5.74) is 12.9. The number of fused-ring (bicyclic) bond motifs is 6. The number of furan rings is 1. The zero-order valence-electron chi connectivity index (χ0n) is 30.4. The average Bonchev–Trinajstić information content (AvgIpc) is 3.83. The van der Waals surface area contributed by atoms with Crippen LogP contribution in [0, 0.1) is 0 Å². The standard InChI is InChI=1S/C51H36N4O/c1-4-15-33(16-5-1)39-24-13-26-42-43-27-14-25-40(48(43)56-47(39)42)36-29-30-46-44(32-36)41-23-10-11-28-45(41)55(46)38-22-12-21-37(31-38)51-53-49(34-17-6-2-7-18-34)52-50(54-51)35-19-8-3-9-20-35/h1-32,49,51,53H,(H,52,54). The maximum Gasteiger partial charge on any atom is 0.143 e. The Morgan fingerprint density at radius 1 is 0.446 bits per heavy atom. The minimum Gasteiger partial charge on any atom is -0.455 e. The molecule has 0 amide bonds. The molecule has 8 aromatic carbocycles. The highest BCUT2D eigenvalue weighted by Crippen LogP contribution is 2.42. The largest absolute Gasteiger partial charge is 0.455 e. The molecule has 0 radical (unpaired) electrons. The van der Waals surface area contributed by atoms with E-state index in [9.17, 15) is 0 Å². The second kappa shape index (κ2) is 13.3. The molecule has 266 valence electrons. The third-order valence-electron chi connectivity index (χ3n) is 11.1. The lowest BCUT2D eigenvalue weighted by Gasteiger charge is -2.32. The molecule has 56 heavy (non-hydrogen) atoms. The Balaban J connectivity index is 1.03. The quantitative estimate of drug-likeness (QED) is 0.180. The summed E-state index contributed by atoms with van der Waals surface area (Å²) in [6.07, 6.45) is -0.367. The number of nitrogens with one attached hydrogen (secondary N) is 2. The molecule has 0 bridgehead atoms. The average molecular weight is 721 g/mol. The number of benzene rings is 8. The molecular formula is C51H36N4O. The van der Waals surface area contributed by atoms with Crippen LogP contribution in [0.3, 0.4) is 0 Å². The molecule has 5 nitrogen and oxygen atoms in total. The van der Waals surface area contributed by atoms with Crippen molar-refractivity contribution in [3.8, 4) is 27.9 Å². The topological polar surface area (TPSA) is 54.5 Å². The van der Waals surface area contributed by atoms with Crippen molar-refractivity contribution in [3.05, 3.63) is 211 Å². The molecule has 0 aliphatic carbocycles. The zero-order valence-corrected chi connectivity index (χ0v) is 30.4. The molecule has 11 rings (SSSR count). The molecule has 0 fully saturated rings. The highest BCUT2D eigenvalue weighted by molar-refractivity contribution is 6.15. The van der Waals surface area contributed by atoms with Crippen molar-refractivity contribution < 1.29 is 4.42 Å². The van der Waals surface area contributed by atoms with Crippen LogP contribution in [0.2, 0.25) is 0 Å². The molecule has 0 spiro atoms. The minimum atomic E-state index is -0.261. The molecule has 2 atom stereocenters. The molecule has 3 heterocycles. The van der Waals surface area contributed by atoms with E-state index in [4.69, 9.17) is 9.41 Å². The van der Waals surface area contributed by atoms with E-state index in [0.29, 0.717) is 0 Å². The van der Waals surface area contributed by atoms with Gasteiger partial charge in [0.15, 0.2) is 0 Å². The molecule has 2 N–H and O–H groups in total. The van der Waals surface area contributed by atoms with Gasteiger partial charge in [-0.25, -0.2) is 4.99 Å². The van der Waals surface area contributed by atoms with E-state index >= 15 is 0 Å². The molecule has 1 aliphatic heterocycles. The highest BCUT2D eigenvalue weighted by atomic mass is 16.3. The number of nitrogens with zero attached hydrogens (tertiary/aromatic N) is 2. The second-order valence-electron chi connectivity index (χ2n) is 14.4. The zero-order chi connectivity index (χ0) is 37.0. The summed E-state index contributed by atoms with van der Waals surface area (Å²) in [6.45, 7) is 0. The van der Waals surface area contributed by atoms with Gasteiger partial charge in [0.2, 0.25) is 0 Å². The van der Waals surface area contributed by atoms with E-state index in [2.05, 4.69) is 197 Å². The first-order chi connectivity index (χ1) is 27.8. The number of rotatable bonds is 6. The third-order valence-corrected chi connectivity index (χ3v) is 11.1. The molecular weight excluding hydrogens is 685 g/mol. The van der Waals surface area contributed by atoms with Crippen LogP contribution in [0.25, 0.3) is 71.7 Å². The normalized spacial score (nSPS) is 15.7. The van der Waals surface area contributed by atoms with E-state index in [1.807, 2.05) is 12.1 Å². The maximum absolute atomic E-state index is 6.81. The summed E-state index contributed by atoms with van der Waals surface area (Å²) in [6, 6.07) is 68.6. The fourth-order valence-corrected chi connectivity index (χ4v) is 8.43. The Morgan fingerprint density at radius 2 is 1.04 bits per heavy atom. The Kier molecular flexibility index (Phi) is 7.64. The lowest BCUT2D eigenvalue weighted by atomic mass is 9.99. The summed E-state index contributed by atoms with van der Waals surface area (Å²) in [4.78, 5) is 5.23. The van der Waals surface area contributed by atoms with E-state index in [1.165, 1.54) is 10.8 Å². The Morgan fingerprint density at radius 3 is 1.79 bits per heavy atom. The van der Waals surface area contributed by atoms with Gasteiger partial charge in [0, 0.05) is 43.9 Å². The SMILES string of the molecule is c1ccc(C2=NC(c3cccc(-n4c5ccccc5c5cc(-c6cccc7c6oc6c(-c8ccccc8)cccc67)ccc54)c3)NC(c3ccccc3)N2)cc1. The summed E-state index contributed by atoms with van der Waals surface area (Å²) in [7, 11) is 0. The van der Waals surface area contributed by atoms with Gasteiger partial charge in [0.25, 0.3) is 0 Å². The fraction of sp³-hybridized carbons (Fsp3) is 0.0392. The van der Waals surface area contributed by atoms with Crippen LogP contribution in [0.4, 0.5) is 0 Å². The smallest absolute Gasteiger partial charge is 0.143 e. The van der Waals surface area contributed by atoms with Gasteiger partial charge >= 0.3 is 0 Å². The van der Waals surface area contributed by atoms with Crippen LogP contribution < -0.4 is 10.6 Å². The van der Waals surface area contributed by atoms with Gasteiger partial charge in [-0.05, 0) is 52.6 Å². The van der Waals surface area contributed by atoms with E-state index in [0.717, 1.165) is 83.4 Å². The van der Waals surface area contributed by atoms with Crippen LogP contribution in [0.1, 0.15) is 29.0 Å². The summed E-state index contributed by atoms with van der Waals surface area (Å²) >= 11 is 0. The molecule has 2 aromatic heterocycles. The number of amidine groups is 1. The predicted octanol–water partition coefficient (Wildman–Crippen LogP) is 12.4. The first kappa shape index (κ1) is 32.2. The minimum absolute atomic E-state index is 0.106. The second-order valence-corrected chi connectivity index (χ2v) is 14.4. The summed E-state index contributed by atoms with van der Waals surface area (Å²) in [5, 5.41) is 12.1. The van der Waals surface area contributed by atoms with Crippen LogP contribution in [0.5, 0.6) is 0 Å². The molecule has 0 saturated carbocycles. The number of hydrogen-bond acceptors (Lipinski definition) is 4. The van der Waals surface area contributed by atoms with Crippen molar-refractivity contribution in [3.63, 3.8) is 0 Å². The van der Waals surface area contributed by atoms with Gasteiger partial charge in [-0.1, -0.05) is 164 Å². The highest BCUT2D eigenvalue weighted by Gasteiger charge is 2.26. The first-order valence-corrected chi connectivity index (χ1v) is 19.1. The van der Waals surface area contributed by atoms with Crippen molar-refractivity contribution in [2.45, 2.75) is 12.3 Å². The molecule has 10 aromatic rings. The van der Waals surface area contributed by atoms with E-state index < -0.39 is 0 Å². The van der Waals surface area contributed by atoms with E-state index in [-0.39, 0.29) is 12.3 Å². The van der Waals surface area contributed by atoms with Crippen LogP contribution in [0.15, 0.2) is 204 Å².